The molecule has 0 aliphatic rings. The molecular weight excluding hydrogens is 472 g/mol. The van der Waals surface area contributed by atoms with Gasteiger partial charge in [0.1, 0.15) is 12.4 Å². The Morgan fingerprint density at radius 1 is 1.03 bits per heavy atom. The van der Waals surface area contributed by atoms with Crippen LogP contribution in [0.2, 0.25) is 0 Å². The van der Waals surface area contributed by atoms with Gasteiger partial charge in [-0.15, -0.1) is 0 Å². The van der Waals surface area contributed by atoms with E-state index in [0.29, 0.717) is 22.2 Å². The highest BCUT2D eigenvalue weighted by Crippen LogP contribution is 2.26. The number of rotatable bonds is 4. The highest BCUT2D eigenvalue weighted by Gasteiger charge is 2.18. The summed E-state index contributed by atoms with van der Waals surface area (Å²) in [6.45, 7) is -0.391. The predicted octanol–water partition coefficient (Wildman–Crippen LogP) is 5.11. The molecule has 174 valence electrons. The maximum Gasteiger partial charge on any atom is 0.325 e. The molecule has 0 saturated heterocycles. The van der Waals surface area contributed by atoms with E-state index in [1.807, 2.05) is 36.4 Å². The molecule has 0 N–H and O–H groups in total. The molecule has 0 aliphatic heterocycles. The zero-order valence-corrected chi connectivity index (χ0v) is 19.2. The number of thiazole rings is 1. The number of hydrogen-bond acceptors (Lipinski definition) is 5. The molecule has 0 fully saturated rings. The molecule has 0 aliphatic carbocycles. The summed E-state index contributed by atoms with van der Waals surface area (Å²) < 4.78 is 34.6. The number of aromatic nitrogens is 2. The zero-order valence-electron chi connectivity index (χ0n) is 18.4. The minimum atomic E-state index is -0.866. The van der Waals surface area contributed by atoms with Crippen molar-refractivity contribution < 1.29 is 23.1 Å². The first-order valence-electron chi connectivity index (χ1n) is 10.5. The van der Waals surface area contributed by atoms with Crippen molar-refractivity contribution in [3.8, 4) is 11.3 Å². The molecule has 35 heavy (non-hydrogen) atoms. The van der Waals surface area contributed by atoms with Crippen LogP contribution in [0.5, 0.6) is 0 Å². The van der Waals surface area contributed by atoms with Gasteiger partial charge in [-0.05, 0) is 18.2 Å². The molecule has 6 nitrogen and oxygen atoms in total. The van der Waals surface area contributed by atoms with E-state index in [2.05, 4.69) is 9.98 Å². The lowest BCUT2D eigenvalue weighted by molar-refractivity contribution is -0.141. The summed E-state index contributed by atoms with van der Waals surface area (Å²) in [6.07, 6.45) is 0. The van der Waals surface area contributed by atoms with Crippen molar-refractivity contribution in [2.75, 3.05) is 7.11 Å². The Labute approximate surface area is 201 Å². The van der Waals surface area contributed by atoms with Crippen LogP contribution < -0.4 is 4.80 Å². The Kier molecular flexibility index (Phi) is 5.92. The number of carbonyl (C=O) groups excluding carboxylic acids is 2. The van der Waals surface area contributed by atoms with E-state index in [9.17, 15) is 18.4 Å². The summed E-state index contributed by atoms with van der Waals surface area (Å²) >= 11 is 0.906. The van der Waals surface area contributed by atoms with Crippen LogP contribution in [-0.2, 0) is 16.1 Å². The third-order valence-electron chi connectivity index (χ3n) is 5.42. The molecule has 5 rings (SSSR count). The Morgan fingerprint density at radius 3 is 2.54 bits per heavy atom. The Morgan fingerprint density at radius 2 is 1.77 bits per heavy atom. The van der Waals surface area contributed by atoms with E-state index < -0.39 is 30.1 Å². The number of nitrogens with zero attached hydrogens (tertiary/aromatic N) is 3. The first-order chi connectivity index (χ1) is 16.9. The number of methoxy groups -OCH3 is 1. The molecule has 0 unspecified atom stereocenters. The topological polar surface area (TPSA) is 73.6 Å². The SMILES string of the molecule is COC(=O)Cn1c(=NC(=O)c2cc(-c3ccccc3)nc3ccccc23)sc2cc(F)cc(F)c21. The van der Waals surface area contributed by atoms with E-state index in [0.717, 1.165) is 29.0 Å². The van der Waals surface area contributed by atoms with Crippen LogP contribution in [-0.4, -0.2) is 28.5 Å². The van der Waals surface area contributed by atoms with Crippen LogP contribution in [0.3, 0.4) is 0 Å². The third-order valence-corrected chi connectivity index (χ3v) is 6.45. The molecule has 0 saturated carbocycles. The highest BCUT2D eigenvalue weighted by atomic mass is 32.1. The highest BCUT2D eigenvalue weighted by molar-refractivity contribution is 7.16. The summed E-state index contributed by atoms with van der Waals surface area (Å²) in [5, 5.41) is 0.596. The predicted molar refractivity (Wildman–Crippen MR) is 129 cm³/mol. The largest absolute Gasteiger partial charge is 0.468 e. The van der Waals surface area contributed by atoms with Crippen LogP contribution in [0, 0.1) is 11.6 Å². The van der Waals surface area contributed by atoms with Gasteiger partial charge in [-0.3, -0.25) is 9.59 Å². The number of fused-ring (bicyclic) bond motifs is 2. The molecule has 2 aromatic heterocycles. The fourth-order valence-electron chi connectivity index (χ4n) is 3.81. The molecule has 0 atom stereocenters. The van der Waals surface area contributed by atoms with Crippen molar-refractivity contribution in [3.63, 3.8) is 0 Å². The van der Waals surface area contributed by atoms with Crippen molar-refractivity contribution in [2.24, 2.45) is 4.99 Å². The van der Waals surface area contributed by atoms with Gasteiger partial charge in [0.05, 0.1) is 34.1 Å². The fourth-order valence-corrected chi connectivity index (χ4v) is 4.88. The molecule has 1 amide bonds. The van der Waals surface area contributed by atoms with Crippen LogP contribution in [0.15, 0.2) is 77.8 Å². The van der Waals surface area contributed by atoms with Gasteiger partial charge in [-0.1, -0.05) is 59.9 Å². The molecule has 5 aromatic rings. The summed E-state index contributed by atoms with van der Waals surface area (Å²) in [5.41, 5.74) is 2.29. The van der Waals surface area contributed by atoms with E-state index >= 15 is 0 Å². The van der Waals surface area contributed by atoms with Crippen molar-refractivity contribution in [2.45, 2.75) is 6.54 Å². The van der Waals surface area contributed by atoms with Crippen LogP contribution >= 0.6 is 11.3 Å². The lowest BCUT2D eigenvalue weighted by Crippen LogP contribution is -2.23. The molecule has 0 spiro atoms. The Hall–Kier alpha value is -4.24. The van der Waals surface area contributed by atoms with Crippen molar-refractivity contribution in [3.05, 3.63) is 94.8 Å². The van der Waals surface area contributed by atoms with Crippen LogP contribution in [0.1, 0.15) is 10.4 Å². The Bertz CT molecular complexity index is 1680. The van der Waals surface area contributed by atoms with Gasteiger partial charge in [-0.2, -0.15) is 4.99 Å². The summed E-state index contributed by atoms with van der Waals surface area (Å²) in [5.74, 6) is -2.91. The first kappa shape index (κ1) is 22.5. The molecular formula is C26H17F2N3O3S. The maximum absolute atomic E-state index is 14.6. The second-order valence-corrected chi connectivity index (χ2v) is 8.65. The summed E-state index contributed by atoms with van der Waals surface area (Å²) in [6, 6.07) is 20.1. The number of pyridine rings is 1. The second-order valence-electron chi connectivity index (χ2n) is 7.64. The third kappa shape index (κ3) is 4.33. The quantitative estimate of drug-likeness (QED) is 0.329. The van der Waals surface area contributed by atoms with Crippen molar-refractivity contribution >= 4 is 44.3 Å². The number of benzene rings is 3. The van der Waals surface area contributed by atoms with Gasteiger partial charge < -0.3 is 9.30 Å². The average Bonchev–Trinajstić information content (AvgIpc) is 3.20. The minimum absolute atomic E-state index is 0.0297. The molecule has 9 heteroatoms. The average molecular weight is 490 g/mol. The first-order valence-corrected chi connectivity index (χ1v) is 11.4. The van der Waals surface area contributed by atoms with E-state index in [1.165, 1.54) is 11.7 Å². The lowest BCUT2D eigenvalue weighted by Gasteiger charge is -2.08. The molecule has 0 radical (unpaired) electrons. The summed E-state index contributed by atoms with van der Waals surface area (Å²) in [4.78, 5) is 34.4. The normalized spacial score (nSPS) is 11.8. The number of amides is 1. The maximum atomic E-state index is 14.6. The smallest absolute Gasteiger partial charge is 0.325 e. The number of para-hydroxylation sites is 1. The van der Waals surface area contributed by atoms with Crippen LogP contribution in [0.25, 0.3) is 32.4 Å². The standard InChI is InChI=1S/C26H17F2N3O3S/c1-34-23(32)14-31-24-19(28)11-16(27)12-22(24)35-26(31)30-25(33)18-13-21(15-7-3-2-4-8-15)29-20-10-6-5-9-17(18)20/h2-13H,14H2,1H3. The summed E-state index contributed by atoms with van der Waals surface area (Å²) in [7, 11) is 1.20. The van der Waals surface area contributed by atoms with Crippen molar-refractivity contribution in [1.82, 2.24) is 9.55 Å². The van der Waals surface area contributed by atoms with Gasteiger partial charge in [-0.25, -0.2) is 13.8 Å². The number of hydrogen-bond donors (Lipinski definition) is 0. The lowest BCUT2D eigenvalue weighted by atomic mass is 10.0. The van der Waals surface area contributed by atoms with Gasteiger partial charge in [0, 0.05) is 17.0 Å². The number of carbonyl (C=O) groups is 2. The van der Waals surface area contributed by atoms with Gasteiger partial charge in [0.25, 0.3) is 5.91 Å². The molecule has 2 heterocycles. The number of ether oxygens (including phenoxy) is 1. The van der Waals surface area contributed by atoms with Gasteiger partial charge in [0.15, 0.2) is 10.6 Å². The van der Waals surface area contributed by atoms with E-state index in [1.54, 1.807) is 24.3 Å². The zero-order chi connectivity index (χ0) is 24.5. The van der Waals surface area contributed by atoms with Gasteiger partial charge >= 0.3 is 5.97 Å². The van der Waals surface area contributed by atoms with Crippen molar-refractivity contribution in [1.29, 1.82) is 0 Å². The number of esters is 1. The Balaban J connectivity index is 1.72. The van der Waals surface area contributed by atoms with E-state index in [4.69, 9.17) is 4.74 Å². The second kappa shape index (κ2) is 9.19. The molecule has 0 bridgehead atoms. The van der Waals surface area contributed by atoms with E-state index in [-0.39, 0.29) is 15.0 Å². The van der Waals surface area contributed by atoms with Gasteiger partial charge in [0.2, 0.25) is 0 Å². The minimum Gasteiger partial charge on any atom is -0.468 e. The van der Waals surface area contributed by atoms with Crippen LogP contribution in [0.4, 0.5) is 8.78 Å². The monoisotopic (exact) mass is 489 g/mol. The molecule has 3 aromatic carbocycles. The fraction of sp³-hybridized carbons (Fsp3) is 0.0769. The number of halogens is 2.